The van der Waals surface area contributed by atoms with Gasteiger partial charge >= 0.3 is 5.97 Å². The molecule has 1 aliphatic heterocycles. The Morgan fingerprint density at radius 3 is 3.20 bits per heavy atom. The number of ether oxygens (including phenoxy) is 1. The zero-order valence-electron chi connectivity index (χ0n) is 8.31. The Labute approximate surface area is 91.9 Å². The van der Waals surface area contributed by atoms with Crippen LogP contribution in [0.15, 0.2) is 5.38 Å². The quantitative estimate of drug-likeness (QED) is 0.858. The fourth-order valence-corrected chi connectivity index (χ4v) is 2.54. The number of aliphatic carboxylic acids is 1. The first-order valence-electron chi connectivity index (χ1n) is 5.03. The summed E-state index contributed by atoms with van der Waals surface area (Å²) in [6.45, 7) is 0.790. The van der Waals surface area contributed by atoms with Crippen molar-refractivity contribution in [2.24, 2.45) is 0 Å². The highest BCUT2D eigenvalue weighted by Crippen LogP contribution is 2.29. The standard InChI is InChI=1S/C10H13NO3S/c12-9(13)5-7-6-15-10(11-7)8-3-1-2-4-14-8/h6,8H,1-5H2,(H,12,13). The fraction of sp³-hybridized carbons (Fsp3) is 0.600. The third-order valence-electron chi connectivity index (χ3n) is 2.36. The van der Waals surface area contributed by atoms with Crippen LogP contribution in [0.5, 0.6) is 0 Å². The average molecular weight is 227 g/mol. The van der Waals surface area contributed by atoms with E-state index in [9.17, 15) is 4.79 Å². The molecule has 0 bridgehead atoms. The lowest BCUT2D eigenvalue weighted by molar-refractivity contribution is -0.136. The monoisotopic (exact) mass is 227 g/mol. The molecule has 2 rings (SSSR count). The van der Waals surface area contributed by atoms with E-state index >= 15 is 0 Å². The van der Waals surface area contributed by atoms with E-state index in [2.05, 4.69) is 4.98 Å². The van der Waals surface area contributed by atoms with Gasteiger partial charge in [0, 0.05) is 12.0 Å². The second-order valence-corrected chi connectivity index (χ2v) is 4.49. The summed E-state index contributed by atoms with van der Waals surface area (Å²) in [4.78, 5) is 14.8. The Hall–Kier alpha value is -0.940. The van der Waals surface area contributed by atoms with E-state index in [4.69, 9.17) is 9.84 Å². The van der Waals surface area contributed by atoms with Crippen LogP contribution >= 0.6 is 11.3 Å². The van der Waals surface area contributed by atoms with Crippen LogP contribution in [0.3, 0.4) is 0 Å². The molecule has 4 nitrogen and oxygen atoms in total. The SMILES string of the molecule is O=C(O)Cc1csc(C2CCCCO2)n1. The van der Waals surface area contributed by atoms with Crippen molar-refractivity contribution in [3.05, 3.63) is 16.1 Å². The van der Waals surface area contributed by atoms with Gasteiger partial charge in [-0.25, -0.2) is 4.98 Å². The van der Waals surface area contributed by atoms with Crippen molar-refractivity contribution in [2.45, 2.75) is 31.8 Å². The van der Waals surface area contributed by atoms with E-state index in [1.54, 1.807) is 5.38 Å². The Balaban J connectivity index is 2.02. The summed E-state index contributed by atoms with van der Waals surface area (Å²) >= 11 is 1.50. The van der Waals surface area contributed by atoms with Crippen LogP contribution in [0.4, 0.5) is 0 Å². The number of hydrogen-bond donors (Lipinski definition) is 1. The van der Waals surface area contributed by atoms with Crippen molar-refractivity contribution >= 4 is 17.3 Å². The number of carboxylic acids is 1. The largest absolute Gasteiger partial charge is 0.481 e. The molecule has 15 heavy (non-hydrogen) atoms. The van der Waals surface area contributed by atoms with Gasteiger partial charge < -0.3 is 9.84 Å². The van der Waals surface area contributed by atoms with Gasteiger partial charge in [0.1, 0.15) is 11.1 Å². The van der Waals surface area contributed by atoms with Crippen molar-refractivity contribution in [1.82, 2.24) is 4.98 Å². The molecular weight excluding hydrogens is 214 g/mol. The van der Waals surface area contributed by atoms with Crippen LogP contribution in [-0.2, 0) is 16.0 Å². The molecule has 0 spiro atoms. The number of carbonyl (C=O) groups is 1. The zero-order chi connectivity index (χ0) is 10.7. The Bertz CT molecular complexity index is 344. The minimum absolute atomic E-state index is 0.00319. The highest BCUT2D eigenvalue weighted by molar-refractivity contribution is 7.09. The lowest BCUT2D eigenvalue weighted by Crippen LogP contribution is -2.11. The summed E-state index contributed by atoms with van der Waals surface area (Å²) in [5.74, 6) is -0.837. The molecule has 1 aliphatic rings. The number of aromatic nitrogens is 1. The Morgan fingerprint density at radius 2 is 2.53 bits per heavy atom. The van der Waals surface area contributed by atoms with Gasteiger partial charge in [0.2, 0.25) is 0 Å². The molecule has 1 atom stereocenters. The Morgan fingerprint density at radius 1 is 1.67 bits per heavy atom. The highest BCUT2D eigenvalue weighted by Gasteiger charge is 2.19. The van der Waals surface area contributed by atoms with E-state index in [0.717, 1.165) is 24.5 Å². The third-order valence-corrected chi connectivity index (χ3v) is 3.34. The molecule has 0 aliphatic carbocycles. The molecule has 0 aromatic carbocycles. The van der Waals surface area contributed by atoms with Crippen molar-refractivity contribution < 1.29 is 14.6 Å². The van der Waals surface area contributed by atoms with Crippen LogP contribution in [0, 0.1) is 0 Å². The summed E-state index contributed by atoms with van der Waals surface area (Å²) < 4.78 is 5.58. The summed E-state index contributed by atoms with van der Waals surface area (Å²) in [5.41, 5.74) is 0.636. The van der Waals surface area contributed by atoms with Gasteiger partial charge in [0.15, 0.2) is 0 Å². The molecule has 1 saturated heterocycles. The van der Waals surface area contributed by atoms with E-state index in [-0.39, 0.29) is 12.5 Å². The van der Waals surface area contributed by atoms with Crippen LogP contribution in [0.25, 0.3) is 0 Å². The Kier molecular flexibility index (Phi) is 3.33. The van der Waals surface area contributed by atoms with Crippen molar-refractivity contribution in [3.63, 3.8) is 0 Å². The normalized spacial score (nSPS) is 21.5. The topological polar surface area (TPSA) is 59.4 Å². The van der Waals surface area contributed by atoms with Gasteiger partial charge in [-0.05, 0) is 19.3 Å². The van der Waals surface area contributed by atoms with E-state index in [1.807, 2.05) is 0 Å². The number of thiazole rings is 1. The number of rotatable bonds is 3. The number of carboxylic acid groups (broad SMARTS) is 1. The average Bonchev–Trinajstić information content (AvgIpc) is 2.67. The van der Waals surface area contributed by atoms with Crippen molar-refractivity contribution in [1.29, 1.82) is 0 Å². The van der Waals surface area contributed by atoms with Gasteiger partial charge in [-0.3, -0.25) is 4.79 Å². The van der Waals surface area contributed by atoms with E-state index in [0.29, 0.717) is 5.69 Å². The molecule has 1 aromatic heterocycles. The van der Waals surface area contributed by atoms with E-state index in [1.165, 1.54) is 17.8 Å². The van der Waals surface area contributed by atoms with Gasteiger partial charge in [-0.1, -0.05) is 0 Å². The first-order chi connectivity index (χ1) is 7.25. The molecular formula is C10H13NO3S. The second kappa shape index (κ2) is 4.72. The predicted octanol–water partition coefficient (Wildman–Crippen LogP) is 2.01. The van der Waals surface area contributed by atoms with E-state index < -0.39 is 5.97 Å². The molecule has 0 amide bonds. The molecule has 5 heteroatoms. The van der Waals surface area contributed by atoms with Crippen LogP contribution in [0.1, 0.15) is 36.1 Å². The zero-order valence-corrected chi connectivity index (χ0v) is 9.13. The summed E-state index contributed by atoms with van der Waals surface area (Å²) in [6.07, 6.45) is 3.37. The van der Waals surface area contributed by atoms with Crippen molar-refractivity contribution in [2.75, 3.05) is 6.61 Å². The smallest absolute Gasteiger partial charge is 0.309 e. The maximum Gasteiger partial charge on any atom is 0.309 e. The van der Waals surface area contributed by atoms with Gasteiger partial charge in [0.25, 0.3) is 0 Å². The number of nitrogens with zero attached hydrogens (tertiary/aromatic N) is 1. The fourth-order valence-electron chi connectivity index (χ4n) is 1.64. The molecule has 1 unspecified atom stereocenters. The van der Waals surface area contributed by atoms with Crippen LogP contribution < -0.4 is 0 Å². The van der Waals surface area contributed by atoms with Crippen LogP contribution in [-0.4, -0.2) is 22.7 Å². The first kappa shape index (κ1) is 10.6. The highest BCUT2D eigenvalue weighted by atomic mass is 32.1. The first-order valence-corrected chi connectivity index (χ1v) is 5.91. The second-order valence-electron chi connectivity index (χ2n) is 3.60. The molecule has 2 heterocycles. The van der Waals surface area contributed by atoms with Gasteiger partial charge in [-0.15, -0.1) is 11.3 Å². The van der Waals surface area contributed by atoms with Gasteiger partial charge in [0.05, 0.1) is 12.1 Å². The predicted molar refractivity (Wildman–Crippen MR) is 56.0 cm³/mol. The third kappa shape index (κ3) is 2.76. The maximum atomic E-state index is 10.5. The number of hydrogen-bond acceptors (Lipinski definition) is 4. The molecule has 1 N–H and O–H groups in total. The molecule has 1 aromatic rings. The maximum absolute atomic E-state index is 10.5. The lowest BCUT2D eigenvalue weighted by atomic mass is 10.1. The molecule has 0 radical (unpaired) electrons. The van der Waals surface area contributed by atoms with Gasteiger partial charge in [-0.2, -0.15) is 0 Å². The minimum Gasteiger partial charge on any atom is -0.481 e. The lowest BCUT2D eigenvalue weighted by Gasteiger charge is -2.20. The molecule has 1 fully saturated rings. The molecule has 82 valence electrons. The summed E-state index contributed by atoms with van der Waals surface area (Å²) in [7, 11) is 0. The minimum atomic E-state index is -0.837. The van der Waals surface area contributed by atoms with Crippen LogP contribution in [0.2, 0.25) is 0 Å². The summed E-state index contributed by atoms with van der Waals surface area (Å²) in [6, 6.07) is 0. The van der Waals surface area contributed by atoms with Crippen molar-refractivity contribution in [3.8, 4) is 0 Å². The summed E-state index contributed by atoms with van der Waals surface area (Å²) in [5, 5.41) is 11.3. The molecule has 0 saturated carbocycles.